The van der Waals surface area contributed by atoms with Gasteiger partial charge in [0.2, 0.25) is 15.9 Å². The number of nitro groups is 1. The summed E-state index contributed by atoms with van der Waals surface area (Å²) in [5.74, 6) is 0.172. The molecular weight excluding hydrogens is 456 g/mol. The highest BCUT2D eigenvalue weighted by Gasteiger charge is 2.33. The van der Waals surface area contributed by atoms with Crippen LogP contribution in [0.4, 0.5) is 11.4 Å². The van der Waals surface area contributed by atoms with Gasteiger partial charge in [-0.2, -0.15) is 4.31 Å². The Kier molecular flexibility index (Phi) is 8.08. The highest BCUT2D eigenvalue weighted by Crippen LogP contribution is 2.35. The van der Waals surface area contributed by atoms with Crippen molar-refractivity contribution in [2.75, 3.05) is 44.2 Å². The summed E-state index contributed by atoms with van der Waals surface area (Å²) in [7, 11) is -3.76. The number of anilines is 1. The molecule has 3 aliphatic heterocycles. The van der Waals surface area contributed by atoms with Crippen LogP contribution in [0.15, 0.2) is 23.1 Å². The predicted octanol–water partition coefficient (Wildman–Crippen LogP) is 3.78. The van der Waals surface area contributed by atoms with Crippen molar-refractivity contribution >= 4 is 27.3 Å². The Balaban J connectivity index is 1.47. The van der Waals surface area contributed by atoms with Crippen molar-refractivity contribution in [1.29, 1.82) is 0 Å². The first-order chi connectivity index (χ1) is 16.4. The van der Waals surface area contributed by atoms with E-state index < -0.39 is 14.9 Å². The Labute approximate surface area is 202 Å². The van der Waals surface area contributed by atoms with E-state index in [9.17, 15) is 23.3 Å². The number of rotatable bonds is 5. The molecule has 0 bridgehead atoms. The molecule has 0 aliphatic carbocycles. The number of benzene rings is 1. The van der Waals surface area contributed by atoms with E-state index in [-0.39, 0.29) is 22.4 Å². The molecule has 1 aromatic rings. The minimum Gasteiger partial charge on any atom is -0.366 e. The van der Waals surface area contributed by atoms with E-state index in [1.165, 1.54) is 29.3 Å². The maximum atomic E-state index is 13.1. The topological polar surface area (TPSA) is 104 Å². The van der Waals surface area contributed by atoms with Crippen LogP contribution in [0.5, 0.6) is 0 Å². The Hall–Kier alpha value is -2.20. The van der Waals surface area contributed by atoms with Crippen LogP contribution < -0.4 is 4.90 Å². The van der Waals surface area contributed by atoms with Gasteiger partial charge < -0.3 is 9.80 Å². The Morgan fingerprint density at radius 2 is 1.41 bits per heavy atom. The molecule has 1 aromatic carbocycles. The molecule has 0 saturated carbocycles. The highest BCUT2D eigenvalue weighted by molar-refractivity contribution is 7.89. The molecule has 4 rings (SSSR count). The maximum absolute atomic E-state index is 13.1. The number of amides is 1. The SMILES string of the molecule is O=C(C1CCN(c2ccc(S(=O)(=O)N3CCCCCC3)cc2[N+](=O)[O-])CC1)N1CCCCCC1. The first-order valence-electron chi connectivity index (χ1n) is 12.7. The molecule has 0 aromatic heterocycles. The molecule has 0 radical (unpaired) electrons. The largest absolute Gasteiger partial charge is 0.366 e. The first-order valence-corrected chi connectivity index (χ1v) is 14.1. The van der Waals surface area contributed by atoms with Crippen LogP contribution in [0, 0.1) is 16.0 Å². The molecule has 10 heteroatoms. The van der Waals surface area contributed by atoms with Crippen LogP contribution in [0.25, 0.3) is 0 Å². The van der Waals surface area contributed by atoms with E-state index in [2.05, 4.69) is 0 Å². The van der Waals surface area contributed by atoms with Crippen LogP contribution >= 0.6 is 0 Å². The summed E-state index contributed by atoms with van der Waals surface area (Å²) in [6.07, 6.45) is 9.40. The molecule has 1 amide bonds. The number of likely N-dealkylation sites (tertiary alicyclic amines) is 1. The van der Waals surface area contributed by atoms with Gasteiger partial charge in [0.1, 0.15) is 5.69 Å². The Morgan fingerprint density at radius 3 is 1.97 bits per heavy atom. The number of carbonyl (C=O) groups excluding carboxylic acids is 1. The Bertz CT molecular complexity index is 975. The molecule has 9 nitrogen and oxygen atoms in total. The minimum atomic E-state index is -3.76. The van der Waals surface area contributed by atoms with Crippen LogP contribution in [0.3, 0.4) is 0 Å². The molecule has 3 saturated heterocycles. The number of nitro benzene ring substituents is 1. The van der Waals surface area contributed by atoms with Crippen molar-refractivity contribution in [2.45, 2.75) is 69.1 Å². The monoisotopic (exact) mass is 492 g/mol. The van der Waals surface area contributed by atoms with Crippen molar-refractivity contribution in [1.82, 2.24) is 9.21 Å². The lowest BCUT2D eigenvalue weighted by Crippen LogP contribution is -2.43. The van der Waals surface area contributed by atoms with E-state index in [1.54, 1.807) is 6.07 Å². The van der Waals surface area contributed by atoms with Gasteiger partial charge in [0, 0.05) is 51.3 Å². The summed E-state index contributed by atoms with van der Waals surface area (Å²) < 4.78 is 27.7. The van der Waals surface area contributed by atoms with E-state index in [4.69, 9.17) is 0 Å². The molecule has 3 fully saturated rings. The number of hydrogen-bond acceptors (Lipinski definition) is 6. The second kappa shape index (κ2) is 11.0. The zero-order chi connectivity index (χ0) is 24.1. The minimum absolute atomic E-state index is 0.0175. The predicted molar refractivity (Wildman–Crippen MR) is 130 cm³/mol. The summed E-state index contributed by atoms with van der Waals surface area (Å²) in [6.45, 7) is 3.66. The van der Waals surface area contributed by atoms with Gasteiger partial charge in [0.05, 0.1) is 9.82 Å². The summed E-state index contributed by atoms with van der Waals surface area (Å²) in [6, 6.07) is 4.28. The molecule has 0 N–H and O–H groups in total. The lowest BCUT2D eigenvalue weighted by atomic mass is 9.94. The molecule has 0 spiro atoms. The molecule has 0 unspecified atom stereocenters. The Morgan fingerprint density at radius 1 is 0.853 bits per heavy atom. The summed E-state index contributed by atoms with van der Waals surface area (Å²) >= 11 is 0. The lowest BCUT2D eigenvalue weighted by molar-refractivity contribution is -0.384. The fourth-order valence-corrected chi connectivity index (χ4v) is 6.96. The highest BCUT2D eigenvalue weighted by atomic mass is 32.2. The molecular formula is C24H36N4O5S. The third kappa shape index (κ3) is 5.54. The molecule has 188 valence electrons. The van der Waals surface area contributed by atoms with Crippen molar-refractivity contribution in [3.8, 4) is 0 Å². The van der Waals surface area contributed by atoms with Crippen molar-refractivity contribution in [3.63, 3.8) is 0 Å². The van der Waals surface area contributed by atoms with Crippen molar-refractivity contribution in [3.05, 3.63) is 28.3 Å². The van der Waals surface area contributed by atoms with E-state index in [0.717, 1.165) is 51.6 Å². The van der Waals surface area contributed by atoms with Gasteiger partial charge >= 0.3 is 0 Å². The molecule has 34 heavy (non-hydrogen) atoms. The second-order valence-electron chi connectivity index (χ2n) is 9.73. The smallest absolute Gasteiger partial charge is 0.293 e. The van der Waals surface area contributed by atoms with Gasteiger partial charge in [-0.15, -0.1) is 0 Å². The number of hydrogen-bond donors (Lipinski definition) is 0. The molecule has 3 heterocycles. The summed E-state index contributed by atoms with van der Waals surface area (Å²) in [5, 5.41) is 11.9. The maximum Gasteiger partial charge on any atom is 0.293 e. The number of carbonyl (C=O) groups is 1. The van der Waals surface area contributed by atoms with E-state index in [1.807, 2.05) is 9.80 Å². The van der Waals surface area contributed by atoms with Gasteiger partial charge in [-0.25, -0.2) is 8.42 Å². The van der Waals surface area contributed by atoms with Gasteiger partial charge in [-0.1, -0.05) is 25.7 Å². The number of nitrogens with zero attached hydrogens (tertiary/aromatic N) is 4. The lowest BCUT2D eigenvalue weighted by Gasteiger charge is -2.35. The second-order valence-corrected chi connectivity index (χ2v) is 11.7. The fourth-order valence-electron chi connectivity index (χ4n) is 5.43. The average molecular weight is 493 g/mol. The zero-order valence-electron chi connectivity index (χ0n) is 19.9. The van der Waals surface area contributed by atoms with Gasteiger partial charge in [0.15, 0.2) is 0 Å². The standard InChI is InChI=1S/C24H36N4O5S/c29-24(26-13-5-1-2-6-14-26)20-11-17-25(18-12-20)22-10-9-21(19-23(22)28(30)31)34(32,33)27-15-7-3-4-8-16-27/h9-10,19-20H,1-8,11-18H2. The first kappa shape index (κ1) is 24.9. The van der Waals surface area contributed by atoms with Gasteiger partial charge in [-0.3, -0.25) is 14.9 Å². The van der Waals surface area contributed by atoms with Crippen LogP contribution in [0.1, 0.15) is 64.2 Å². The number of piperidine rings is 1. The van der Waals surface area contributed by atoms with Gasteiger partial charge in [0.25, 0.3) is 5.69 Å². The molecule has 0 atom stereocenters. The third-order valence-electron chi connectivity index (χ3n) is 7.45. The fraction of sp³-hybridized carbons (Fsp3) is 0.708. The number of sulfonamides is 1. The van der Waals surface area contributed by atoms with Crippen molar-refractivity contribution in [2.24, 2.45) is 5.92 Å². The summed E-state index contributed by atoms with van der Waals surface area (Å²) in [4.78, 5) is 28.3. The van der Waals surface area contributed by atoms with E-state index >= 15 is 0 Å². The van der Waals surface area contributed by atoms with Crippen LogP contribution in [0.2, 0.25) is 0 Å². The average Bonchev–Trinajstić information content (AvgIpc) is 3.29. The van der Waals surface area contributed by atoms with Gasteiger partial charge in [-0.05, 0) is 50.7 Å². The normalized spacial score (nSPS) is 21.6. The zero-order valence-corrected chi connectivity index (χ0v) is 20.7. The van der Waals surface area contributed by atoms with Crippen LogP contribution in [-0.2, 0) is 14.8 Å². The third-order valence-corrected chi connectivity index (χ3v) is 9.34. The summed E-state index contributed by atoms with van der Waals surface area (Å²) in [5.41, 5.74) is 0.244. The quantitative estimate of drug-likeness (QED) is 0.458. The van der Waals surface area contributed by atoms with Crippen LogP contribution in [-0.4, -0.2) is 67.7 Å². The molecule has 3 aliphatic rings. The van der Waals surface area contributed by atoms with E-state index in [0.29, 0.717) is 44.7 Å². The van der Waals surface area contributed by atoms with Crippen molar-refractivity contribution < 1.29 is 18.1 Å².